The standard InChI is InChI=1S/C13H22N4O/c1-3-6-14-12-8-13(16-10-15-12)17(2)9-11-5-4-7-18-11/h8,10-11H,3-7,9H2,1-2H3,(H,14,15,16). The van der Waals surface area contributed by atoms with Crippen LogP contribution in [0.1, 0.15) is 26.2 Å². The first-order valence-corrected chi connectivity index (χ1v) is 6.68. The van der Waals surface area contributed by atoms with E-state index in [9.17, 15) is 0 Å². The van der Waals surface area contributed by atoms with E-state index in [1.807, 2.05) is 13.1 Å². The van der Waals surface area contributed by atoms with Gasteiger partial charge in [0.05, 0.1) is 6.10 Å². The second-order valence-electron chi connectivity index (χ2n) is 4.70. The van der Waals surface area contributed by atoms with Crippen molar-refractivity contribution in [3.05, 3.63) is 12.4 Å². The Kier molecular flexibility index (Phi) is 4.75. The maximum atomic E-state index is 5.64. The summed E-state index contributed by atoms with van der Waals surface area (Å²) in [5.74, 6) is 1.83. The lowest BCUT2D eigenvalue weighted by Crippen LogP contribution is -2.29. The van der Waals surface area contributed by atoms with Crippen molar-refractivity contribution in [1.82, 2.24) is 9.97 Å². The number of hydrogen-bond donors (Lipinski definition) is 1. The van der Waals surface area contributed by atoms with Gasteiger partial charge in [0, 0.05) is 32.8 Å². The highest BCUT2D eigenvalue weighted by Crippen LogP contribution is 2.17. The fraction of sp³-hybridized carbons (Fsp3) is 0.692. The lowest BCUT2D eigenvalue weighted by atomic mass is 10.2. The zero-order chi connectivity index (χ0) is 12.8. The molecule has 0 saturated carbocycles. The van der Waals surface area contributed by atoms with Crippen LogP contribution in [0.25, 0.3) is 0 Å². The van der Waals surface area contributed by atoms with Gasteiger partial charge in [-0.1, -0.05) is 6.92 Å². The fourth-order valence-corrected chi connectivity index (χ4v) is 2.09. The summed E-state index contributed by atoms with van der Waals surface area (Å²) in [6.07, 6.45) is 5.36. The summed E-state index contributed by atoms with van der Waals surface area (Å²) >= 11 is 0. The van der Waals surface area contributed by atoms with E-state index in [4.69, 9.17) is 4.74 Å². The molecule has 5 heteroatoms. The predicted molar refractivity (Wildman–Crippen MR) is 73.1 cm³/mol. The molecule has 0 aromatic carbocycles. The first kappa shape index (κ1) is 13.1. The monoisotopic (exact) mass is 250 g/mol. The fourth-order valence-electron chi connectivity index (χ4n) is 2.09. The van der Waals surface area contributed by atoms with Gasteiger partial charge in [-0.15, -0.1) is 0 Å². The van der Waals surface area contributed by atoms with Gasteiger partial charge in [-0.2, -0.15) is 0 Å². The third kappa shape index (κ3) is 3.57. The summed E-state index contributed by atoms with van der Waals surface area (Å²) in [6.45, 7) is 4.86. The molecule has 1 N–H and O–H groups in total. The average molecular weight is 250 g/mol. The molecular weight excluding hydrogens is 228 g/mol. The first-order valence-electron chi connectivity index (χ1n) is 6.68. The third-order valence-corrected chi connectivity index (χ3v) is 3.10. The zero-order valence-corrected chi connectivity index (χ0v) is 11.2. The highest BCUT2D eigenvalue weighted by molar-refractivity contribution is 5.47. The van der Waals surface area contributed by atoms with E-state index in [0.717, 1.165) is 44.2 Å². The van der Waals surface area contributed by atoms with Crippen molar-refractivity contribution in [2.24, 2.45) is 0 Å². The Hall–Kier alpha value is -1.36. The molecule has 0 radical (unpaired) electrons. The Balaban J connectivity index is 1.93. The van der Waals surface area contributed by atoms with Crippen molar-refractivity contribution >= 4 is 11.6 Å². The number of nitrogens with zero attached hydrogens (tertiary/aromatic N) is 3. The van der Waals surface area contributed by atoms with Gasteiger partial charge in [0.15, 0.2) is 0 Å². The Labute approximate surface area is 109 Å². The molecule has 5 nitrogen and oxygen atoms in total. The Bertz CT molecular complexity index is 366. The minimum Gasteiger partial charge on any atom is -0.376 e. The number of hydrogen-bond acceptors (Lipinski definition) is 5. The molecule has 1 aromatic rings. The summed E-state index contributed by atoms with van der Waals surface area (Å²) in [7, 11) is 2.05. The highest BCUT2D eigenvalue weighted by atomic mass is 16.5. The van der Waals surface area contributed by atoms with Crippen molar-refractivity contribution < 1.29 is 4.74 Å². The van der Waals surface area contributed by atoms with E-state index in [-0.39, 0.29) is 0 Å². The van der Waals surface area contributed by atoms with Crippen LogP contribution < -0.4 is 10.2 Å². The molecule has 0 spiro atoms. The SMILES string of the molecule is CCCNc1cc(N(C)CC2CCCO2)ncn1. The van der Waals surface area contributed by atoms with E-state index in [2.05, 4.69) is 27.1 Å². The van der Waals surface area contributed by atoms with Crippen LogP contribution in [0, 0.1) is 0 Å². The summed E-state index contributed by atoms with van der Waals surface area (Å²) < 4.78 is 5.64. The van der Waals surface area contributed by atoms with E-state index in [1.165, 1.54) is 6.42 Å². The molecule has 1 saturated heterocycles. The summed E-state index contributed by atoms with van der Waals surface area (Å²) in [5.41, 5.74) is 0. The van der Waals surface area contributed by atoms with Crippen molar-refractivity contribution in [2.45, 2.75) is 32.3 Å². The van der Waals surface area contributed by atoms with E-state index in [1.54, 1.807) is 6.33 Å². The van der Waals surface area contributed by atoms with Crippen LogP contribution in [0.5, 0.6) is 0 Å². The molecule has 1 unspecified atom stereocenters. The molecular formula is C13H22N4O. The summed E-state index contributed by atoms with van der Waals surface area (Å²) in [4.78, 5) is 10.7. The molecule has 1 fully saturated rings. The maximum Gasteiger partial charge on any atom is 0.133 e. The van der Waals surface area contributed by atoms with E-state index < -0.39 is 0 Å². The number of anilines is 2. The molecule has 2 heterocycles. The van der Waals surface area contributed by atoms with Gasteiger partial charge >= 0.3 is 0 Å². The predicted octanol–water partition coefficient (Wildman–Crippen LogP) is 1.91. The van der Waals surface area contributed by atoms with Crippen molar-refractivity contribution in [2.75, 3.05) is 37.0 Å². The molecule has 2 rings (SSSR count). The van der Waals surface area contributed by atoms with Crippen LogP contribution in [0.4, 0.5) is 11.6 Å². The minimum atomic E-state index is 0.344. The Morgan fingerprint density at radius 3 is 3.11 bits per heavy atom. The smallest absolute Gasteiger partial charge is 0.133 e. The van der Waals surface area contributed by atoms with E-state index in [0.29, 0.717) is 6.10 Å². The van der Waals surface area contributed by atoms with Crippen LogP contribution in [-0.4, -0.2) is 42.8 Å². The van der Waals surface area contributed by atoms with E-state index >= 15 is 0 Å². The lowest BCUT2D eigenvalue weighted by molar-refractivity contribution is 0.116. The highest BCUT2D eigenvalue weighted by Gasteiger charge is 2.18. The van der Waals surface area contributed by atoms with Gasteiger partial charge in [-0.3, -0.25) is 0 Å². The van der Waals surface area contributed by atoms with Gasteiger partial charge in [-0.05, 0) is 19.3 Å². The molecule has 1 atom stereocenters. The largest absolute Gasteiger partial charge is 0.376 e. The van der Waals surface area contributed by atoms with Crippen LogP contribution in [-0.2, 0) is 4.74 Å². The van der Waals surface area contributed by atoms with Crippen molar-refractivity contribution in [3.8, 4) is 0 Å². The molecule has 0 aliphatic carbocycles. The van der Waals surface area contributed by atoms with Crippen LogP contribution >= 0.6 is 0 Å². The number of rotatable bonds is 6. The van der Waals surface area contributed by atoms with Gasteiger partial charge < -0.3 is 15.0 Å². The molecule has 1 aliphatic heterocycles. The van der Waals surface area contributed by atoms with Crippen molar-refractivity contribution in [3.63, 3.8) is 0 Å². The lowest BCUT2D eigenvalue weighted by Gasteiger charge is -2.21. The summed E-state index contributed by atoms with van der Waals surface area (Å²) in [5, 5.41) is 3.27. The number of aromatic nitrogens is 2. The van der Waals surface area contributed by atoms with Gasteiger partial charge in [0.2, 0.25) is 0 Å². The van der Waals surface area contributed by atoms with Crippen LogP contribution in [0.3, 0.4) is 0 Å². The van der Waals surface area contributed by atoms with Crippen LogP contribution in [0.2, 0.25) is 0 Å². The van der Waals surface area contributed by atoms with Gasteiger partial charge in [-0.25, -0.2) is 9.97 Å². The quantitative estimate of drug-likeness (QED) is 0.836. The molecule has 100 valence electrons. The summed E-state index contributed by atoms with van der Waals surface area (Å²) in [6, 6.07) is 1.99. The Morgan fingerprint density at radius 1 is 1.50 bits per heavy atom. The third-order valence-electron chi connectivity index (χ3n) is 3.10. The number of nitrogens with one attached hydrogen (secondary N) is 1. The molecule has 1 aromatic heterocycles. The van der Waals surface area contributed by atoms with Gasteiger partial charge in [0.1, 0.15) is 18.0 Å². The molecule has 0 amide bonds. The normalized spacial score (nSPS) is 18.9. The Morgan fingerprint density at radius 2 is 2.39 bits per heavy atom. The minimum absolute atomic E-state index is 0.344. The molecule has 1 aliphatic rings. The second-order valence-corrected chi connectivity index (χ2v) is 4.70. The van der Waals surface area contributed by atoms with Gasteiger partial charge in [0.25, 0.3) is 0 Å². The second kappa shape index (κ2) is 6.54. The maximum absolute atomic E-state index is 5.64. The zero-order valence-electron chi connectivity index (χ0n) is 11.2. The molecule has 0 bridgehead atoms. The number of likely N-dealkylation sites (N-methyl/N-ethyl adjacent to an activating group) is 1. The topological polar surface area (TPSA) is 50.3 Å². The van der Waals surface area contributed by atoms with Crippen molar-refractivity contribution in [1.29, 1.82) is 0 Å². The number of ether oxygens (including phenoxy) is 1. The first-order chi connectivity index (χ1) is 8.79. The molecule has 18 heavy (non-hydrogen) atoms. The van der Waals surface area contributed by atoms with Crippen LogP contribution in [0.15, 0.2) is 12.4 Å². The average Bonchev–Trinajstić information content (AvgIpc) is 2.89.